The van der Waals surface area contributed by atoms with Gasteiger partial charge in [0, 0.05) is 0 Å². The van der Waals surface area contributed by atoms with Crippen LogP contribution in [0.3, 0.4) is 0 Å². The molecule has 1 rings (SSSR count). The van der Waals surface area contributed by atoms with Gasteiger partial charge >= 0.3 is 8.60 Å². The molecule has 0 N–H and O–H groups in total. The third-order valence-electron chi connectivity index (χ3n) is 2.00. The van der Waals surface area contributed by atoms with Gasteiger partial charge in [0.25, 0.3) is 0 Å². The molecule has 0 saturated carbocycles. The van der Waals surface area contributed by atoms with Crippen LogP contribution >= 0.6 is 8.60 Å². The van der Waals surface area contributed by atoms with Crippen LogP contribution in [0.2, 0.25) is 0 Å². The lowest BCUT2D eigenvalue weighted by Gasteiger charge is -2.15. The van der Waals surface area contributed by atoms with Crippen molar-refractivity contribution in [3.05, 3.63) is 35.9 Å². The molecule has 0 aromatic heterocycles. The molecule has 0 unspecified atom stereocenters. The van der Waals surface area contributed by atoms with E-state index in [2.05, 4.69) is 0 Å². The molecule has 0 radical (unpaired) electrons. The minimum absolute atomic E-state index is 0.267. The highest BCUT2D eigenvalue weighted by Crippen LogP contribution is 2.40. The molecule has 19 heavy (non-hydrogen) atoms. The van der Waals surface area contributed by atoms with Crippen molar-refractivity contribution in [1.29, 1.82) is 10.5 Å². The van der Waals surface area contributed by atoms with Gasteiger partial charge in [-0.1, -0.05) is 30.3 Å². The normalized spacial score (nSPS) is 10.1. The molecule has 0 bridgehead atoms. The van der Waals surface area contributed by atoms with Gasteiger partial charge in [0.05, 0.1) is 44.8 Å². The van der Waals surface area contributed by atoms with E-state index in [1.807, 2.05) is 42.5 Å². The van der Waals surface area contributed by atoms with Gasteiger partial charge in [0.1, 0.15) is 0 Å². The largest absolute Gasteiger partial charge is 0.333 e. The van der Waals surface area contributed by atoms with Crippen LogP contribution in [0.25, 0.3) is 0 Å². The molecule has 0 fully saturated rings. The maximum Gasteiger partial charge on any atom is 0.333 e. The molecule has 0 aliphatic heterocycles. The van der Waals surface area contributed by atoms with Crippen molar-refractivity contribution in [2.45, 2.75) is 19.4 Å². The summed E-state index contributed by atoms with van der Waals surface area (Å²) >= 11 is 0. The highest BCUT2D eigenvalue weighted by molar-refractivity contribution is 7.41. The monoisotopic (exact) mass is 278 g/mol. The number of nitrogens with zero attached hydrogens (tertiary/aromatic N) is 2. The van der Waals surface area contributed by atoms with Gasteiger partial charge in [-0.05, 0) is 5.56 Å². The number of hydrogen-bond donors (Lipinski definition) is 0. The predicted molar refractivity (Wildman–Crippen MR) is 70.5 cm³/mol. The molecule has 0 aliphatic rings. The second-order valence-electron chi connectivity index (χ2n) is 3.47. The van der Waals surface area contributed by atoms with E-state index in [1.54, 1.807) is 0 Å². The summed E-state index contributed by atoms with van der Waals surface area (Å²) in [4.78, 5) is 0. The van der Waals surface area contributed by atoms with Crippen molar-refractivity contribution >= 4 is 8.60 Å². The van der Waals surface area contributed by atoms with Gasteiger partial charge in [-0.15, -0.1) is 0 Å². The van der Waals surface area contributed by atoms with E-state index in [-0.39, 0.29) is 26.1 Å². The summed E-state index contributed by atoms with van der Waals surface area (Å²) in [6, 6.07) is 13.6. The Kier molecular flexibility index (Phi) is 8.55. The van der Waals surface area contributed by atoms with Gasteiger partial charge in [-0.25, -0.2) is 0 Å². The van der Waals surface area contributed by atoms with Gasteiger partial charge in [0.15, 0.2) is 0 Å². The molecular weight excluding hydrogens is 263 g/mol. The predicted octanol–water partition coefficient (Wildman–Crippen LogP) is 3.29. The first-order chi connectivity index (χ1) is 9.36. The van der Waals surface area contributed by atoms with Crippen LogP contribution in [-0.2, 0) is 20.2 Å². The summed E-state index contributed by atoms with van der Waals surface area (Å²) in [5.74, 6) is 0. The fraction of sp³-hybridized carbons (Fsp3) is 0.385. The Hall–Kier alpha value is -1.49. The Morgan fingerprint density at radius 3 is 2.00 bits per heavy atom. The molecule has 100 valence electrons. The second kappa shape index (κ2) is 10.4. The van der Waals surface area contributed by atoms with Crippen molar-refractivity contribution in [2.24, 2.45) is 0 Å². The summed E-state index contributed by atoms with van der Waals surface area (Å²) in [5.41, 5.74) is 1.02. The Morgan fingerprint density at radius 2 is 1.47 bits per heavy atom. The van der Waals surface area contributed by atoms with Crippen LogP contribution in [-0.4, -0.2) is 13.2 Å². The average molecular weight is 278 g/mol. The highest BCUT2D eigenvalue weighted by atomic mass is 31.2. The van der Waals surface area contributed by atoms with Crippen LogP contribution in [0.1, 0.15) is 18.4 Å². The van der Waals surface area contributed by atoms with Gasteiger partial charge in [0.2, 0.25) is 0 Å². The Bertz CT molecular complexity index is 408. The molecule has 0 aliphatic carbocycles. The molecule has 0 amide bonds. The quantitative estimate of drug-likeness (QED) is 0.511. The molecule has 1 aromatic rings. The molecule has 1 aromatic carbocycles. The lowest BCUT2D eigenvalue weighted by molar-refractivity contribution is 0.158. The fourth-order valence-electron chi connectivity index (χ4n) is 1.14. The standard InChI is InChI=1S/C13H15N2O3P/c14-8-4-10-16-19(17-11-5-9-15)18-12-13-6-2-1-3-7-13/h1-3,6-7H,4-5,10-12H2. The topological polar surface area (TPSA) is 75.3 Å². The van der Waals surface area contributed by atoms with E-state index in [9.17, 15) is 0 Å². The summed E-state index contributed by atoms with van der Waals surface area (Å²) in [7, 11) is -1.51. The first kappa shape index (κ1) is 15.6. The van der Waals surface area contributed by atoms with Crippen LogP contribution < -0.4 is 0 Å². The van der Waals surface area contributed by atoms with E-state index >= 15 is 0 Å². The van der Waals surface area contributed by atoms with Crippen LogP contribution in [0.5, 0.6) is 0 Å². The van der Waals surface area contributed by atoms with E-state index in [1.165, 1.54) is 0 Å². The third kappa shape index (κ3) is 7.51. The maximum absolute atomic E-state index is 8.45. The Morgan fingerprint density at radius 1 is 0.895 bits per heavy atom. The Balaban J connectivity index is 2.35. The molecule has 0 spiro atoms. The lowest BCUT2D eigenvalue weighted by Crippen LogP contribution is -1.98. The average Bonchev–Trinajstić information content (AvgIpc) is 2.45. The minimum atomic E-state index is -1.51. The molecule has 0 atom stereocenters. The van der Waals surface area contributed by atoms with Gasteiger partial charge in [-0.2, -0.15) is 10.5 Å². The van der Waals surface area contributed by atoms with Crippen LogP contribution in [0.4, 0.5) is 0 Å². The number of benzene rings is 1. The third-order valence-corrected chi connectivity index (χ3v) is 3.13. The molecule has 0 heterocycles. The van der Waals surface area contributed by atoms with E-state index in [4.69, 9.17) is 24.1 Å². The molecule has 0 saturated heterocycles. The van der Waals surface area contributed by atoms with E-state index in [0.717, 1.165) is 5.56 Å². The molecule has 6 heteroatoms. The first-order valence-electron chi connectivity index (χ1n) is 5.83. The number of rotatable bonds is 9. The Labute approximate surface area is 114 Å². The van der Waals surface area contributed by atoms with E-state index in [0.29, 0.717) is 6.61 Å². The molecule has 5 nitrogen and oxygen atoms in total. The van der Waals surface area contributed by atoms with Crippen molar-refractivity contribution in [3.63, 3.8) is 0 Å². The minimum Gasteiger partial charge on any atom is -0.311 e. The second-order valence-corrected chi connectivity index (χ2v) is 4.69. The molecular formula is C13H15N2O3P. The first-order valence-corrected chi connectivity index (χ1v) is 6.93. The summed E-state index contributed by atoms with van der Waals surface area (Å²) in [6.45, 7) is 0.915. The number of nitriles is 2. The van der Waals surface area contributed by atoms with Gasteiger partial charge in [-0.3, -0.25) is 0 Å². The SMILES string of the molecule is N#CCCOP(OCCC#N)OCc1ccccc1. The zero-order valence-electron chi connectivity index (χ0n) is 10.5. The zero-order chi connectivity index (χ0) is 13.8. The maximum atomic E-state index is 8.45. The van der Waals surface area contributed by atoms with Gasteiger partial charge < -0.3 is 13.6 Å². The van der Waals surface area contributed by atoms with Crippen LogP contribution in [0.15, 0.2) is 30.3 Å². The van der Waals surface area contributed by atoms with E-state index < -0.39 is 8.60 Å². The lowest BCUT2D eigenvalue weighted by atomic mass is 10.2. The van der Waals surface area contributed by atoms with Crippen molar-refractivity contribution < 1.29 is 13.6 Å². The number of hydrogen-bond acceptors (Lipinski definition) is 5. The van der Waals surface area contributed by atoms with Crippen molar-refractivity contribution in [2.75, 3.05) is 13.2 Å². The summed E-state index contributed by atoms with van der Waals surface area (Å²) < 4.78 is 16.2. The summed E-state index contributed by atoms with van der Waals surface area (Å²) in [6.07, 6.45) is 0.574. The fourth-order valence-corrected chi connectivity index (χ4v) is 2.10. The highest BCUT2D eigenvalue weighted by Gasteiger charge is 2.12. The zero-order valence-corrected chi connectivity index (χ0v) is 11.4. The summed E-state index contributed by atoms with van der Waals surface area (Å²) in [5, 5.41) is 16.9. The smallest absolute Gasteiger partial charge is 0.311 e. The van der Waals surface area contributed by atoms with Crippen molar-refractivity contribution in [3.8, 4) is 12.1 Å². The van der Waals surface area contributed by atoms with Crippen molar-refractivity contribution in [1.82, 2.24) is 0 Å². The van der Waals surface area contributed by atoms with Crippen LogP contribution in [0, 0.1) is 22.7 Å².